The van der Waals surface area contributed by atoms with Crippen LogP contribution in [-0.4, -0.2) is 21.5 Å². The Morgan fingerprint density at radius 1 is 1.48 bits per heavy atom. The Morgan fingerprint density at radius 3 is 2.78 bits per heavy atom. The van der Waals surface area contributed by atoms with Crippen LogP contribution in [0.15, 0.2) is 17.8 Å². The number of aryl methyl sites for hydroxylation is 1. The number of hydrogen-bond donors (Lipinski definition) is 0. The molecule has 120 valence electrons. The first kappa shape index (κ1) is 15.7. The summed E-state index contributed by atoms with van der Waals surface area (Å²) in [5.41, 5.74) is 0.992. The summed E-state index contributed by atoms with van der Waals surface area (Å²) in [6, 6.07) is 2.05. The summed E-state index contributed by atoms with van der Waals surface area (Å²) in [4.78, 5) is 24.6. The summed E-state index contributed by atoms with van der Waals surface area (Å²) in [7, 11) is 0. The number of carbonyl (C=O) groups is 2. The van der Waals surface area contributed by atoms with E-state index in [2.05, 4.69) is 5.10 Å². The van der Waals surface area contributed by atoms with Crippen molar-refractivity contribution >= 4 is 11.7 Å². The van der Waals surface area contributed by atoms with E-state index in [1.54, 1.807) is 6.08 Å². The number of allylic oxidation sites excluding steroid dienone is 2. The summed E-state index contributed by atoms with van der Waals surface area (Å²) in [6.45, 7) is 7.68. The van der Waals surface area contributed by atoms with Crippen LogP contribution in [0.25, 0.3) is 0 Å². The molecule has 0 amide bonds. The van der Waals surface area contributed by atoms with Crippen LogP contribution in [-0.2, 0) is 16.6 Å². The second-order valence-electron chi connectivity index (χ2n) is 7.29. The average Bonchev–Trinajstić information content (AvgIpc) is 2.96. The van der Waals surface area contributed by atoms with E-state index in [0.717, 1.165) is 24.1 Å². The van der Waals surface area contributed by atoms with Gasteiger partial charge in [-0.3, -0.25) is 9.59 Å². The van der Waals surface area contributed by atoms with Crippen molar-refractivity contribution in [1.29, 1.82) is 5.26 Å². The molecule has 0 radical (unpaired) electrons. The number of hydrogen-bond acceptors (Lipinski definition) is 4. The van der Waals surface area contributed by atoms with Crippen LogP contribution in [0.3, 0.4) is 0 Å². The Hall–Kier alpha value is -2.22. The van der Waals surface area contributed by atoms with Crippen molar-refractivity contribution in [3.63, 3.8) is 0 Å². The quantitative estimate of drug-likeness (QED) is 0.799. The topological polar surface area (TPSA) is 75.8 Å². The first-order valence-electron chi connectivity index (χ1n) is 8.05. The molecule has 1 heterocycles. The smallest absolute Gasteiger partial charge is 0.246 e. The van der Waals surface area contributed by atoms with Gasteiger partial charge in [0.2, 0.25) is 5.91 Å². The van der Waals surface area contributed by atoms with E-state index >= 15 is 0 Å². The standard InChI is InChI=1S/C18H21N3O2/c1-5-14(22)21-10-11-6-7-13-17(2,3)16(23)12(9-19)8-18(13,4)15(11)20-21/h8,10,13H,5-7H2,1-4H3. The molecular weight excluding hydrogens is 290 g/mol. The molecule has 0 bridgehead atoms. The third-order valence-electron chi connectivity index (χ3n) is 5.55. The summed E-state index contributed by atoms with van der Waals surface area (Å²) in [6.07, 6.45) is 5.63. The third-order valence-corrected chi connectivity index (χ3v) is 5.55. The number of carbonyl (C=O) groups excluding carboxylic acids is 2. The fraction of sp³-hybridized carbons (Fsp3) is 0.556. The minimum Gasteiger partial charge on any atom is -0.293 e. The molecule has 2 unspecified atom stereocenters. The fourth-order valence-corrected chi connectivity index (χ4v) is 4.33. The molecule has 5 heteroatoms. The van der Waals surface area contributed by atoms with Crippen LogP contribution in [0.1, 0.15) is 56.6 Å². The predicted octanol–water partition coefficient (Wildman–Crippen LogP) is 2.81. The summed E-state index contributed by atoms with van der Waals surface area (Å²) < 4.78 is 1.42. The molecule has 0 fully saturated rings. The van der Waals surface area contributed by atoms with E-state index in [1.165, 1.54) is 4.68 Å². The molecular formula is C18H21N3O2. The molecule has 0 aromatic carbocycles. The first-order chi connectivity index (χ1) is 10.8. The molecule has 2 aliphatic carbocycles. The van der Waals surface area contributed by atoms with Gasteiger partial charge < -0.3 is 0 Å². The number of nitriles is 1. The molecule has 2 atom stereocenters. The average molecular weight is 311 g/mol. The Kier molecular flexibility index (Phi) is 3.33. The minimum atomic E-state index is -0.606. The predicted molar refractivity (Wildman–Crippen MR) is 84.8 cm³/mol. The van der Waals surface area contributed by atoms with Gasteiger partial charge in [-0.05, 0) is 24.3 Å². The van der Waals surface area contributed by atoms with Crippen molar-refractivity contribution in [2.24, 2.45) is 11.3 Å². The second kappa shape index (κ2) is 4.89. The third kappa shape index (κ3) is 2.01. The molecule has 0 saturated heterocycles. The molecule has 2 aliphatic rings. The number of ketones is 1. The van der Waals surface area contributed by atoms with Crippen molar-refractivity contribution < 1.29 is 9.59 Å². The van der Waals surface area contributed by atoms with Gasteiger partial charge in [0.05, 0.1) is 11.3 Å². The Bertz CT molecular complexity index is 779. The highest BCUT2D eigenvalue weighted by Gasteiger charge is 2.55. The number of aromatic nitrogens is 2. The van der Waals surface area contributed by atoms with Crippen LogP contribution < -0.4 is 0 Å². The lowest BCUT2D eigenvalue weighted by Gasteiger charge is -2.49. The Morgan fingerprint density at radius 2 is 2.17 bits per heavy atom. The molecule has 23 heavy (non-hydrogen) atoms. The maximum absolute atomic E-state index is 12.6. The van der Waals surface area contributed by atoms with Crippen molar-refractivity contribution in [2.75, 3.05) is 0 Å². The molecule has 3 rings (SSSR count). The zero-order valence-electron chi connectivity index (χ0n) is 14.0. The minimum absolute atomic E-state index is 0.0461. The normalized spacial score (nSPS) is 28.4. The van der Waals surface area contributed by atoms with Crippen molar-refractivity contribution in [3.05, 3.63) is 29.1 Å². The Balaban J connectivity index is 2.21. The maximum atomic E-state index is 12.6. The van der Waals surface area contributed by atoms with Gasteiger partial charge in [0.1, 0.15) is 6.07 Å². The van der Waals surface area contributed by atoms with Gasteiger partial charge in [0, 0.05) is 23.4 Å². The monoisotopic (exact) mass is 311 g/mol. The first-order valence-corrected chi connectivity index (χ1v) is 8.05. The van der Waals surface area contributed by atoms with Gasteiger partial charge in [-0.25, -0.2) is 4.68 Å². The zero-order valence-corrected chi connectivity index (χ0v) is 14.0. The van der Waals surface area contributed by atoms with E-state index < -0.39 is 10.8 Å². The van der Waals surface area contributed by atoms with Gasteiger partial charge in [-0.2, -0.15) is 10.4 Å². The summed E-state index contributed by atoms with van der Waals surface area (Å²) in [5.74, 6) is -0.0580. The van der Waals surface area contributed by atoms with Gasteiger partial charge >= 0.3 is 0 Å². The maximum Gasteiger partial charge on any atom is 0.246 e. The van der Waals surface area contributed by atoms with Gasteiger partial charge in [-0.1, -0.05) is 33.8 Å². The highest BCUT2D eigenvalue weighted by molar-refractivity contribution is 6.04. The van der Waals surface area contributed by atoms with Gasteiger partial charge in [-0.15, -0.1) is 0 Å². The molecule has 0 saturated carbocycles. The van der Waals surface area contributed by atoms with E-state index in [9.17, 15) is 14.9 Å². The molecule has 1 aromatic heterocycles. The highest BCUT2D eigenvalue weighted by Crippen LogP contribution is 2.54. The van der Waals surface area contributed by atoms with Crippen LogP contribution in [0, 0.1) is 22.7 Å². The van der Waals surface area contributed by atoms with Crippen LogP contribution in [0.2, 0.25) is 0 Å². The lowest BCUT2D eigenvalue weighted by atomic mass is 9.52. The fourth-order valence-electron chi connectivity index (χ4n) is 4.33. The lowest BCUT2D eigenvalue weighted by Crippen LogP contribution is -2.51. The van der Waals surface area contributed by atoms with Crippen molar-refractivity contribution in [2.45, 2.75) is 52.4 Å². The van der Waals surface area contributed by atoms with Crippen LogP contribution in [0.4, 0.5) is 0 Å². The molecule has 0 aliphatic heterocycles. The number of rotatable bonds is 1. The van der Waals surface area contributed by atoms with E-state index in [1.807, 2.05) is 40.0 Å². The molecule has 0 spiro atoms. The molecule has 5 nitrogen and oxygen atoms in total. The number of fused-ring (bicyclic) bond motifs is 3. The SMILES string of the molecule is CCC(=O)n1cc2c(n1)C1(C)C=C(C#N)C(=O)C(C)(C)C1CC2. The Labute approximate surface area is 136 Å². The molecule has 0 N–H and O–H groups in total. The van der Waals surface area contributed by atoms with Crippen molar-refractivity contribution in [1.82, 2.24) is 9.78 Å². The number of nitrogens with zero attached hydrogens (tertiary/aromatic N) is 3. The van der Waals surface area contributed by atoms with E-state index in [-0.39, 0.29) is 23.2 Å². The summed E-state index contributed by atoms with van der Waals surface area (Å²) in [5, 5.41) is 13.9. The second-order valence-corrected chi connectivity index (χ2v) is 7.29. The highest BCUT2D eigenvalue weighted by atomic mass is 16.2. The van der Waals surface area contributed by atoms with Gasteiger partial charge in [0.15, 0.2) is 5.78 Å². The van der Waals surface area contributed by atoms with Crippen LogP contribution in [0.5, 0.6) is 0 Å². The van der Waals surface area contributed by atoms with E-state index in [0.29, 0.717) is 6.42 Å². The number of Topliss-reactive ketones (excluding diaryl/α,β-unsaturated/α-hetero) is 1. The van der Waals surface area contributed by atoms with Gasteiger partial charge in [0.25, 0.3) is 0 Å². The lowest BCUT2D eigenvalue weighted by molar-refractivity contribution is -0.128. The molecule has 1 aromatic rings. The summed E-state index contributed by atoms with van der Waals surface area (Å²) >= 11 is 0. The van der Waals surface area contributed by atoms with Crippen molar-refractivity contribution in [3.8, 4) is 6.07 Å². The largest absolute Gasteiger partial charge is 0.293 e. The van der Waals surface area contributed by atoms with E-state index in [4.69, 9.17) is 0 Å². The van der Waals surface area contributed by atoms with Crippen LogP contribution >= 0.6 is 0 Å². The zero-order chi connectivity index (χ0) is 17.0.